The third-order valence-electron chi connectivity index (χ3n) is 2.18. The second-order valence-electron chi connectivity index (χ2n) is 3.55. The molecule has 18 heavy (non-hydrogen) atoms. The smallest absolute Gasteiger partial charge is 0.250 e. The van der Waals surface area contributed by atoms with Crippen molar-refractivity contribution >= 4 is 17.4 Å². The Morgan fingerprint density at radius 3 is 2.89 bits per heavy atom. The van der Waals surface area contributed by atoms with Crippen LogP contribution in [0.3, 0.4) is 0 Å². The fourth-order valence-corrected chi connectivity index (χ4v) is 1.27. The van der Waals surface area contributed by atoms with Gasteiger partial charge in [-0.3, -0.25) is 4.79 Å². The standard InChI is InChI=1S/C11H18N4O3/c1-17-4-5-18-3-2-14-10-6-8(11(13)16)9(12)7-15-10/h6-7H,2-5,12H2,1H3,(H2,13,16)(H,14,15). The summed E-state index contributed by atoms with van der Waals surface area (Å²) in [6.07, 6.45) is 1.40. The second-order valence-corrected chi connectivity index (χ2v) is 3.55. The number of ether oxygens (including phenoxy) is 2. The van der Waals surface area contributed by atoms with Crippen molar-refractivity contribution in [3.63, 3.8) is 0 Å². The van der Waals surface area contributed by atoms with Gasteiger partial charge in [0, 0.05) is 13.7 Å². The van der Waals surface area contributed by atoms with E-state index in [-0.39, 0.29) is 11.3 Å². The van der Waals surface area contributed by atoms with E-state index in [1.165, 1.54) is 12.3 Å². The van der Waals surface area contributed by atoms with E-state index in [2.05, 4.69) is 10.3 Å². The van der Waals surface area contributed by atoms with Gasteiger partial charge < -0.3 is 26.3 Å². The first-order chi connectivity index (χ1) is 8.65. The summed E-state index contributed by atoms with van der Waals surface area (Å²) in [6, 6.07) is 1.52. The number of carbonyl (C=O) groups excluding carboxylic acids is 1. The number of primary amides is 1. The third-order valence-corrected chi connectivity index (χ3v) is 2.18. The Bertz CT molecular complexity index is 398. The molecule has 0 radical (unpaired) electrons. The summed E-state index contributed by atoms with van der Waals surface area (Å²) in [5.74, 6) is -0.0392. The minimum absolute atomic E-state index is 0.257. The van der Waals surface area contributed by atoms with Crippen molar-refractivity contribution in [2.75, 3.05) is 44.5 Å². The Balaban J connectivity index is 2.38. The summed E-state index contributed by atoms with van der Waals surface area (Å²) in [5.41, 5.74) is 11.3. The fraction of sp³-hybridized carbons (Fsp3) is 0.455. The van der Waals surface area contributed by atoms with Crippen LogP contribution in [-0.2, 0) is 9.47 Å². The average molecular weight is 254 g/mol. The van der Waals surface area contributed by atoms with Crippen LogP contribution in [0.5, 0.6) is 0 Å². The minimum atomic E-state index is -0.575. The number of rotatable bonds is 8. The Hall–Kier alpha value is -1.86. The number of carbonyl (C=O) groups is 1. The molecule has 0 saturated carbocycles. The molecule has 7 heteroatoms. The predicted octanol–water partition coefficient (Wildman–Crippen LogP) is -0.162. The summed E-state index contributed by atoms with van der Waals surface area (Å²) in [4.78, 5) is 15.1. The Morgan fingerprint density at radius 1 is 1.44 bits per heavy atom. The largest absolute Gasteiger partial charge is 0.397 e. The van der Waals surface area contributed by atoms with Crippen molar-refractivity contribution in [1.82, 2.24) is 4.98 Å². The van der Waals surface area contributed by atoms with Crippen LogP contribution in [0.2, 0.25) is 0 Å². The van der Waals surface area contributed by atoms with E-state index in [0.29, 0.717) is 32.2 Å². The highest BCUT2D eigenvalue weighted by Crippen LogP contribution is 2.13. The molecule has 0 unspecified atom stereocenters. The Labute approximate surface area is 105 Å². The average Bonchev–Trinajstić information content (AvgIpc) is 2.35. The molecule has 0 aliphatic heterocycles. The van der Waals surface area contributed by atoms with Crippen molar-refractivity contribution in [3.05, 3.63) is 17.8 Å². The molecule has 0 spiro atoms. The molecule has 100 valence electrons. The molecule has 7 nitrogen and oxygen atoms in total. The van der Waals surface area contributed by atoms with Gasteiger partial charge in [0.25, 0.3) is 5.91 Å². The van der Waals surface area contributed by atoms with Crippen molar-refractivity contribution in [2.24, 2.45) is 5.73 Å². The number of pyridine rings is 1. The van der Waals surface area contributed by atoms with Crippen molar-refractivity contribution in [2.45, 2.75) is 0 Å². The van der Waals surface area contributed by atoms with Crippen LogP contribution in [0.4, 0.5) is 11.5 Å². The Morgan fingerprint density at radius 2 is 2.22 bits per heavy atom. The Kier molecular flexibility index (Phi) is 5.89. The maximum atomic E-state index is 11.1. The molecule has 1 rings (SSSR count). The van der Waals surface area contributed by atoms with Crippen molar-refractivity contribution in [3.8, 4) is 0 Å². The summed E-state index contributed by atoms with van der Waals surface area (Å²) in [6.45, 7) is 2.19. The van der Waals surface area contributed by atoms with Gasteiger partial charge in [-0.05, 0) is 6.07 Å². The van der Waals surface area contributed by atoms with Crippen molar-refractivity contribution in [1.29, 1.82) is 0 Å². The topological polar surface area (TPSA) is 112 Å². The molecule has 0 bridgehead atoms. The van der Waals surface area contributed by atoms with Crippen LogP contribution in [-0.4, -0.2) is 44.4 Å². The van der Waals surface area contributed by atoms with E-state index in [4.69, 9.17) is 20.9 Å². The SMILES string of the molecule is COCCOCCNc1cc(C(N)=O)c(N)cn1. The number of amides is 1. The first-order valence-electron chi connectivity index (χ1n) is 5.51. The van der Waals surface area contributed by atoms with E-state index >= 15 is 0 Å². The zero-order valence-electron chi connectivity index (χ0n) is 10.3. The van der Waals surface area contributed by atoms with E-state index in [1.54, 1.807) is 7.11 Å². The number of hydrogen-bond donors (Lipinski definition) is 3. The monoisotopic (exact) mass is 254 g/mol. The normalized spacial score (nSPS) is 10.3. The molecule has 1 aromatic heterocycles. The minimum Gasteiger partial charge on any atom is -0.397 e. The highest BCUT2D eigenvalue weighted by Gasteiger charge is 2.07. The van der Waals surface area contributed by atoms with Crippen LogP contribution in [0, 0.1) is 0 Å². The highest BCUT2D eigenvalue weighted by atomic mass is 16.5. The molecule has 5 N–H and O–H groups in total. The predicted molar refractivity (Wildman–Crippen MR) is 68.4 cm³/mol. The van der Waals surface area contributed by atoms with Crippen LogP contribution < -0.4 is 16.8 Å². The lowest BCUT2D eigenvalue weighted by atomic mass is 10.2. The number of methoxy groups -OCH3 is 1. The van der Waals surface area contributed by atoms with E-state index in [1.807, 2.05) is 0 Å². The third kappa shape index (κ3) is 4.56. The number of nitrogen functional groups attached to an aromatic ring is 1. The summed E-state index contributed by atoms with van der Waals surface area (Å²) in [7, 11) is 1.62. The number of anilines is 2. The van der Waals surface area contributed by atoms with Gasteiger partial charge in [-0.25, -0.2) is 4.98 Å². The molecule has 1 aromatic rings. The lowest BCUT2D eigenvalue weighted by Crippen LogP contribution is -2.16. The van der Waals surface area contributed by atoms with Crippen LogP contribution in [0.25, 0.3) is 0 Å². The van der Waals surface area contributed by atoms with Gasteiger partial charge in [0.05, 0.1) is 37.3 Å². The fourth-order valence-electron chi connectivity index (χ4n) is 1.27. The van der Waals surface area contributed by atoms with Crippen LogP contribution in [0.1, 0.15) is 10.4 Å². The molecule has 0 atom stereocenters. The molecule has 1 heterocycles. The number of nitrogens with one attached hydrogen (secondary N) is 1. The molecular weight excluding hydrogens is 236 g/mol. The molecular formula is C11H18N4O3. The van der Waals surface area contributed by atoms with Gasteiger partial charge in [0.1, 0.15) is 5.82 Å². The molecule has 0 aliphatic rings. The molecule has 0 aliphatic carbocycles. The lowest BCUT2D eigenvalue weighted by molar-refractivity contribution is 0.0759. The maximum absolute atomic E-state index is 11.1. The van der Waals surface area contributed by atoms with Gasteiger partial charge in [-0.2, -0.15) is 0 Å². The zero-order chi connectivity index (χ0) is 13.4. The van der Waals surface area contributed by atoms with Gasteiger partial charge >= 0.3 is 0 Å². The zero-order valence-corrected chi connectivity index (χ0v) is 10.3. The van der Waals surface area contributed by atoms with Gasteiger partial charge in [0.15, 0.2) is 0 Å². The summed E-state index contributed by atoms with van der Waals surface area (Å²) in [5, 5.41) is 3.00. The lowest BCUT2D eigenvalue weighted by Gasteiger charge is -2.08. The second kappa shape index (κ2) is 7.46. The van der Waals surface area contributed by atoms with Crippen LogP contribution >= 0.6 is 0 Å². The van der Waals surface area contributed by atoms with E-state index < -0.39 is 5.91 Å². The molecule has 0 fully saturated rings. The van der Waals surface area contributed by atoms with Gasteiger partial charge in [0.2, 0.25) is 0 Å². The van der Waals surface area contributed by atoms with Gasteiger partial charge in [-0.15, -0.1) is 0 Å². The van der Waals surface area contributed by atoms with Gasteiger partial charge in [-0.1, -0.05) is 0 Å². The molecule has 0 saturated heterocycles. The first-order valence-corrected chi connectivity index (χ1v) is 5.51. The van der Waals surface area contributed by atoms with E-state index in [9.17, 15) is 4.79 Å². The molecule has 0 aromatic carbocycles. The van der Waals surface area contributed by atoms with Crippen LogP contribution in [0.15, 0.2) is 12.3 Å². The number of nitrogens with two attached hydrogens (primary N) is 2. The highest BCUT2D eigenvalue weighted by molar-refractivity contribution is 5.98. The molecule has 1 amide bonds. The summed E-state index contributed by atoms with van der Waals surface area (Å²) < 4.78 is 10.1. The van der Waals surface area contributed by atoms with E-state index in [0.717, 1.165) is 0 Å². The number of nitrogens with zero attached hydrogens (tertiary/aromatic N) is 1. The van der Waals surface area contributed by atoms with Crippen molar-refractivity contribution < 1.29 is 14.3 Å². The maximum Gasteiger partial charge on any atom is 0.250 e. The summed E-state index contributed by atoms with van der Waals surface area (Å²) >= 11 is 0. The quantitative estimate of drug-likeness (QED) is 0.555. The number of aromatic nitrogens is 1. The number of hydrogen-bond acceptors (Lipinski definition) is 6. The first kappa shape index (κ1) is 14.2.